The van der Waals surface area contributed by atoms with Crippen LogP contribution in [0.15, 0.2) is 48.5 Å². The van der Waals surface area contributed by atoms with Gasteiger partial charge in [-0.1, -0.05) is 24.3 Å². The Balaban J connectivity index is 2.28. The van der Waals surface area contributed by atoms with Crippen molar-refractivity contribution in [1.82, 2.24) is 9.55 Å². The van der Waals surface area contributed by atoms with Crippen molar-refractivity contribution in [3.8, 4) is 5.69 Å². The molecule has 0 radical (unpaired) electrons. The van der Waals surface area contributed by atoms with Gasteiger partial charge < -0.3 is 5.73 Å². The Labute approximate surface area is 112 Å². The summed E-state index contributed by atoms with van der Waals surface area (Å²) in [5, 5.41) is 0. The molecule has 0 atom stereocenters. The Kier molecular flexibility index (Phi) is 3.05. The summed E-state index contributed by atoms with van der Waals surface area (Å²) in [4.78, 5) is 4.72. The molecule has 0 amide bonds. The van der Waals surface area contributed by atoms with Crippen LogP contribution >= 0.6 is 0 Å². The molecule has 19 heavy (non-hydrogen) atoms. The minimum absolute atomic E-state index is 0.606. The number of aryl methyl sites for hydroxylation is 1. The average Bonchev–Trinajstić information content (AvgIpc) is 2.77. The fourth-order valence-corrected chi connectivity index (χ4v) is 2.40. The van der Waals surface area contributed by atoms with Gasteiger partial charge in [0.2, 0.25) is 0 Å². The maximum absolute atomic E-state index is 5.71. The molecule has 3 nitrogen and oxygen atoms in total. The van der Waals surface area contributed by atoms with E-state index in [2.05, 4.69) is 41.8 Å². The van der Waals surface area contributed by atoms with Gasteiger partial charge in [0.05, 0.1) is 11.0 Å². The number of benzene rings is 2. The molecule has 1 aromatic heterocycles. The van der Waals surface area contributed by atoms with Crippen molar-refractivity contribution in [2.24, 2.45) is 5.73 Å². The quantitative estimate of drug-likeness (QED) is 0.778. The maximum Gasteiger partial charge on any atom is 0.115 e. The zero-order valence-electron chi connectivity index (χ0n) is 11.0. The largest absolute Gasteiger partial charge is 0.330 e. The smallest absolute Gasteiger partial charge is 0.115 e. The van der Waals surface area contributed by atoms with Crippen LogP contribution < -0.4 is 5.73 Å². The predicted octanol–water partition coefficient (Wildman–Crippen LogP) is 2.84. The van der Waals surface area contributed by atoms with Crippen LogP contribution in [0.2, 0.25) is 0 Å². The summed E-state index contributed by atoms with van der Waals surface area (Å²) in [5.41, 5.74) is 10.2. The summed E-state index contributed by atoms with van der Waals surface area (Å²) < 4.78 is 2.20. The van der Waals surface area contributed by atoms with Crippen molar-refractivity contribution in [2.75, 3.05) is 6.54 Å². The maximum atomic E-state index is 5.71. The minimum Gasteiger partial charge on any atom is -0.330 e. The Morgan fingerprint density at radius 2 is 1.89 bits per heavy atom. The van der Waals surface area contributed by atoms with Gasteiger partial charge in [-0.2, -0.15) is 0 Å². The van der Waals surface area contributed by atoms with Gasteiger partial charge in [-0.05, 0) is 43.3 Å². The molecule has 0 saturated heterocycles. The molecule has 1 heterocycles. The molecule has 2 N–H and O–H groups in total. The molecular formula is C16H17N3. The molecule has 96 valence electrons. The lowest BCUT2D eigenvalue weighted by atomic mass is 10.2. The highest BCUT2D eigenvalue weighted by molar-refractivity contribution is 5.79. The van der Waals surface area contributed by atoms with Gasteiger partial charge in [-0.3, -0.25) is 4.57 Å². The normalized spacial score (nSPS) is 11.1. The van der Waals surface area contributed by atoms with E-state index in [9.17, 15) is 0 Å². The Hall–Kier alpha value is -2.13. The first-order chi connectivity index (χ1) is 9.29. The van der Waals surface area contributed by atoms with E-state index in [0.29, 0.717) is 6.54 Å². The summed E-state index contributed by atoms with van der Waals surface area (Å²) in [5.74, 6) is 1.02. The van der Waals surface area contributed by atoms with Crippen molar-refractivity contribution in [3.05, 3.63) is 59.9 Å². The highest BCUT2D eigenvalue weighted by Gasteiger charge is 2.11. The van der Waals surface area contributed by atoms with Crippen LogP contribution in [0.1, 0.15) is 11.4 Å². The second kappa shape index (κ2) is 4.86. The molecule has 0 saturated carbocycles. The first-order valence-corrected chi connectivity index (χ1v) is 6.53. The van der Waals surface area contributed by atoms with Gasteiger partial charge in [0.1, 0.15) is 5.82 Å². The summed E-state index contributed by atoms with van der Waals surface area (Å²) in [6, 6.07) is 16.7. The number of nitrogens with zero attached hydrogens (tertiary/aromatic N) is 2. The van der Waals surface area contributed by atoms with Gasteiger partial charge in [0.15, 0.2) is 0 Å². The van der Waals surface area contributed by atoms with E-state index < -0.39 is 0 Å². The monoisotopic (exact) mass is 251 g/mol. The van der Waals surface area contributed by atoms with Crippen LogP contribution in [0.5, 0.6) is 0 Å². The van der Waals surface area contributed by atoms with E-state index in [1.165, 1.54) is 5.56 Å². The SMILES string of the molecule is Cc1ccc2c(c1)nc(CCN)n2-c1ccccc1. The van der Waals surface area contributed by atoms with Gasteiger partial charge in [-0.15, -0.1) is 0 Å². The Bertz CT molecular complexity index is 699. The van der Waals surface area contributed by atoms with Gasteiger partial charge in [-0.25, -0.2) is 4.98 Å². The van der Waals surface area contributed by atoms with E-state index in [-0.39, 0.29) is 0 Å². The topological polar surface area (TPSA) is 43.8 Å². The number of para-hydroxylation sites is 1. The van der Waals surface area contributed by atoms with Gasteiger partial charge in [0, 0.05) is 12.1 Å². The summed E-state index contributed by atoms with van der Waals surface area (Å²) >= 11 is 0. The number of hydrogen-bond acceptors (Lipinski definition) is 2. The molecule has 0 aliphatic carbocycles. The standard InChI is InChI=1S/C16H17N3/c1-12-7-8-15-14(11-12)18-16(9-10-17)19(15)13-5-3-2-4-6-13/h2-8,11H,9-10,17H2,1H3. The number of hydrogen-bond donors (Lipinski definition) is 1. The molecule has 0 unspecified atom stereocenters. The van der Waals surface area contributed by atoms with Gasteiger partial charge >= 0.3 is 0 Å². The zero-order valence-corrected chi connectivity index (χ0v) is 11.0. The third-order valence-electron chi connectivity index (χ3n) is 3.26. The molecule has 0 aliphatic rings. The number of rotatable bonds is 3. The van der Waals surface area contributed by atoms with Crippen LogP contribution in [-0.2, 0) is 6.42 Å². The van der Waals surface area contributed by atoms with Crippen LogP contribution in [0.25, 0.3) is 16.7 Å². The molecule has 3 aromatic rings. The van der Waals surface area contributed by atoms with Crippen molar-refractivity contribution in [1.29, 1.82) is 0 Å². The summed E-state index contributed by atoms with van der Waals surface area (Å²) in [6.45, 7) is 2.69. The number of imidazole rings is 1. The second-order valence-electron chi connectivity index (χ2n) is 4.73. The first-order valence-electron chi connectivity index (χ1n) is 6.53. The van der Waals surface area contributed by atoms with E-state index in [4.69, 9.17) is 10.7 Å². The van der Waals surface area contributed by atoms with Crippen molar-refractivity contribution in [2.45, 2.75) is 13.3 Å². The highest BCUT2D eigenvalue weighted by atomic mass is 15.1. The first kappa shape index (κ1) is 11.9. The van der Waals surface area contributed by atoms with Gasteiger partial charge in [0.25, 0.3) is 0 Å². The van der Waals surface area contributed by atoms with Crippen molar-refractivity contribution >= 4 is 11.0 Å². The molecule has 0 bridgehead atoms. The van der Waals surface area contributed by atoms with Crippen LogP contribution in [0, 0.1) is 6.92 Å². The minimum atomic E-state index is 0.606. The predicted molar refractivity (Wildman–Crippen MR) is 78.6 cm³/mol. The molecule has 0 spiro atoms. The third kappa shape index (κ3) is 2.13. The van der Waals surface area contributed by atoms with E-state index in [1.807, 2.05) is 18.2 Å². The third-order valence-corrected chi connectivity index (χ3v) is 3.26. The fraction of sp³-hybridized carbons (Fsp3) is 0.188. The molecule has 2 aromatic carbocycles. The molecular weight excluding hydrogens is 234 g/mol. The van der Waals surface area contributed by atoms with E-state index in [0.717, 1.165) is 29.0 Å². The van der Waals surface area contributed by atoms with E-state index >= 15 is 0 Å². The number of fused-ring (bicyclic) bond motifs is 1. The molecule has 0 fully saturated rings. The van der Waals surface area contributed by atoms with Crippen molar-refractivity contribution in [3.63, 3.8) is 0 Å². The van der Waals surface area contributed by atoms with Crippen LogP contribution in [0.3, 0.4) is 0 Å². The molecule has 3 rings (SSSR count). The summed E-state index contributed by atoms with van der Waals surface area (Å²) in [7, 11) is 0. The fourth-order valence-electron chi connectivity index (χ4n) is 2.40. The second-order valence-corrected chi connectivity index (χ2v) is 4.73. The van der Waals surface area contributed by atoms with Crippen LogP contribution in [0.4, 0.5) is 0 Å². The lowest BCUT2D eigenvalue weighted by Crippen LogP contribution is -2.08. The van der Waals surface area contributed by atoms with E-state index in [1.54, 1.807) is 0 Å². The zero-order chi connectivity index (χ0) is 13.2. The average molecular weight is 251 g/mol. The molecule has 3 heteroatoms. The van der Waals surface area contributed by atoms with Crippen molar-refractivity contribution < 1.29 is 0 Å². The lowest BCUT2D eigenvalue weighted by molar-refractivity contribution is 0.848. The van der Waals surface area contributed by atoms with Crippen LogP contribution in [-0.4, -0.2) is 16.1 Å². The lowest BCUT2D eigenvalue weighted by Gasteiger charge is -2.08. The summed E-state index contributed by atoms with van der Waals surface area (Å²) in [6.07, 6.45) is 0.780. The number of nitrogens with two attached hydrogens (primary N) is 1. The highest BCUT2D eigenvalue weighted by Crippen LogP contribution is 2.22. The molecule has 0 aliphatic heterocycles. The Morgan fingerprint density at radius 1 is 1.11 bits per heavy atom. The number of aromatic nitrogens is 2. The Morgan fingerprint density at radius 3 is 2.63 bits per heavy atom.